The summed E-state index contributed by atoms with van der Waals surface area (Å²) in [5, 5.41) is 7.54. The zero-order valence-corrected chi connectivity index (χ0v) is 12.8. The van der Waals surface area contributed by atoms with E-state index in [1.807, 2.05) is 0 Å². The Labute approximate surface area is 124 Å². The highest BCUT2D eigenvalue weighted by atomic mass is 79.9. The van der Waals surface area contributed by atoms with E-state index >= 15 is 0 Å². The first-order valence-electron chi connectivity index (χ1n) is 6.05. The number of thiophene rings is 1. The third-order valence-corrected chi connectivity index (χ3v) is 3.99. The Balaban J connectivity index is 1.62. The number of hydrogen-bond donors (Lipinski definition) is 1. The zero-order chi connectivity index (χ0) is 13.5. The molecule has 102 valence electrons. The van der Waals surface area contributed by atoms with Crippen LogP contribution in [-0.4, -0.2) is 19.7 Å². The second-order valence-electron chi connectivity index (χ2n) is 4.05. The van der Waals surface area contributed by atoms with Gasteiger partial charge in [0.1, 0.15) is 18.2 Å². The van der Waals surface area contributed by atoms with Crippen molar-refractivity contribution >= 4 is 27.3 Å². The molecule has 1 aromatic carbocycles. The maximum Gasteiger partial charge on any atom is 0.136 e. The number of ether oxygens (including phenoxy) is 1. The average Bonchev–Trinajstić information content (AvgIpc) is 2.90. The van der Waals surface area contributed by atoms with Crippen LogP contribution in [0, 0.1) is 5.82 Å². The molecule has 1 N–H and O–H groups in total. The summed E-state index contributed by atoms with van der Waals surface area (Å²) in [4.78, 5) is 0. The lowest BCUT2D eigenvalue weighted by atomic mass is 10.2. The zero-order valence-electron chi connectivity index (χ0n) is 10.4. The Bertz CT molecular complexity index is 504. The molecule has 0 aliphatic heterocycles. The van der Waals surface area contributed by atoms with E-state index in [1.54, 1.807) is 17.4 Å². The van der Waals surface area contributed by atoms with Crippen LogP contribution in [0.2, 0.25) is 0 Å². The van der Waals surface area contributed by atoms with Crippen LogP contribution in [0.15, 0.2) is 39.5 Å². The van der Waals surface area contributed by atoms with E-state index in [0.29, 0.717) is 12.4 Å². The van der Waals surface area contributed by atoms with E-state index in [9.17, 15) is 4.39 Å². The Morgan fingerprint density at radius 3 is 2.95 bits per heavy atom. The van der Waals surface area contributed by atoms with Gasteiger partial charge in [0.15, 0.2) is 0 Å². The van der Waals surface area contributed by atoms with Crippen LogP contribution in [-0.2, 0) is 6.42 Å². The number of nitrogens with one attached hydrogen (secondary N) is 1. The van der Waals surface area contributed by atoms with Gasteiger partial charge in [-0.1, -0.05) is 0 Å². The Kier molecular flexibility index (Phi) is 5.82. The number of hydrogen-bond acceptors (Lipinski definition) is 3. The summed E-state index contributed by atoms with van der Waals surface area (Å²) in [5.74, 6) is 0.253. The highest BCUT2D eigenvalue weighted by Crippen LogP contribution is 2.25. The summed E-state index contributed by atoms with van der Waals surface area (Å²) in [7, 11) is 0. The minimum atomic E-state index is -0.288. The highest BCUT2D eigenvalue weighted by molar-refractivity contribution is 9.10. The Morgan fingerprint density at radius 2 is 2.16 bits per heavy atom. The van der Waals surface area contributed by atoms with Crippen LogP contribution in [0.1, 0.15) is 5.56 Å². The van der Waals surface area contributed by atoms with E-state index in [1.165, 1.54) is 17.7 Å². The Morgan fingerprint density at radius 1 is 1.26 bits per heavy atom. The molecule has 19 heavy (non-hydrogen) atoms. The van der Waals surface area contributed by atoms with Crippen molar-refractivity contribution in [2.75, 3.05) is 19.7 Å². The first-order chi connectivity index (χ1) is 9.25. The van der Waals surface area contributed by atoms with Gasteiger partial charge in [0.25, 0.3) is 0 Å². The first kappa shape index (κ1) is 14.5. The van der Waals surface area contributed by atoms with Crippen molar-refractivity contribution in [3.8, 4) is 5.75 Å². The summed E-state index contributed by atoms with van der Waals surface area (Å²) in [6.07, 6.45) is 1.02. The minimum Gasteiger partial charge on any atom is -0.491 e. The van der Waals surface area contributed by atoms with Crippen LogP contribution >= 0.6 is 27.3 Å². The SMILES string of the molecule is Fc1ccc(Br)c(OCCNCCc2ccsc2)c1. The predicted octanol–water partition coefficient (Wildman–Crippen LogP) is 3.86. The fraction of sp³-hybridized carbons (Fsp3) is 0.286. The molecule has 2 rings (SSSR count). The van der Waals surface area contributed by atoms with Gasteiger partial charge >= 0.3 is 0 Å². The van der Waals surface area contributed by atoms with Crippen molar-refractivity contribution < 1.29 is 9.13 Å². The second-order valence-corrected chi connectivity index (χ2v) is 5.69. The average molecular weight is 344 g/mol. The van der Waals surface area contributed by atoms with Gasteiger partial charge in [-0.15, -0.1) is 0 Å². The molecule has 0 amide bonds. The van der Waals surface area contributed by atoms with Crippen LogP contribution in [0.25, 0.3) is 0 Å². The van der Waals surface area contributed by atoms with Gasteiger partial charge in [-0.25, -0.2) is 4.39 Å². The van der Waals surface area contributed by atoms with Crippen molar-refractivity contribution in [3.63, 3.8) is 0 Å². The molecule has 1 heterocycles. The normalized spacial score (nSPS) is 10.6. The van der Waals surface area contributed by atoms with E-state index in [-0.39, 0.29) is 5.82 Å². The van der Waals surface area contributed by atoms with Gasteiger partial charge in [-0.2, -0.15) is 11.3 Å². The lowest BCUT2D eigenvalue weighted by Crippen LogP contribution is -2.23. The molecule has 0 fully saturated rings. The number of halogens is 2. The molecule has 0 saturated heterocycles. The predicted molar refractivity (Wildman–Crippen MR) is 80.5 cm³/mol. The van der Waals surface area contributed by atoms with Gasteiger partial charge in [0, 0.05) is 12.6 Å². The molecule has 0 saturated carbocycles. The van der Waals surface area contributed by atoms with Crippen molar-refractivity contribution in [2.45, 2.75) is 6.42 Å². The van der Waals surface area contributed by atoms with Crippen LogP contribution in [0.3, 0.4) is 0 Å². The van der Waals surface area contributed by atoms with E-state index in [2.05, 4.69) is 38.1 Å². The van der Waals surface area contributed by atoms with Gasteiger partial charge < -0.3 is 10.1 Å². The summed E-state index contributed by atoms with van der Waals surface area (Å²) in [6, 6.07) is 6.56. The smallest absolute Gasteiger partial charge is 0.136 e. The topological polar surface area (TPSA) is 21.3 Å². The second kappa shape index (κ2) is 7.62. The molecule has 0 aliphatic carbocycles. The molecule has 0 unspecified atom stereocenters. The van der Waals surface area contributed by atoms with E-state index in [4.69, 9.17) is 4.74 Å². The van der Waals surface area contributed by atoms with Crippen molar-refractivity contribution in [3.05, 3.63) is 50.9 Å². The van der Waals surface area contributed by atoms with Crippen molar-refractivity contribution in [1.82, 2.24) is 5.32 Å². The molecule has 5 heteroatoms. The molecule has 1 aromatic heterocycles. The van der Waals surface area contributed by atoms with Crippen LogP contribution < -0.4 is 10.1 Å². The van der Waals surface area contributed by atoms with E-state index in [0.717, 1.165) is 24.0 Å². The lowest BCUT2D eigenvalue weighted by Gasteiger charge is -2.09. The fourth-order valence-electron chi connectivity index (χ4n) is 1.61. The lowest BCUT2D eigenvalue weighted by molar-refractivity contribution is 0.311. The highest BCUT2D eigenvalue weighted by Gasteiger charge is 2.02. The van der Waals surface area contributed by atoms with Gasteiger partial charge in [0.05, 0.1) is 4.47 Å². The molecular formula is C14H15BrFNOS. The molecule has 0 aliphatic rings. The maximum absolute atomic E-state index is 13.0. The Hall–Kier alpha value is -0.910. The summed E-state index contributed by atoms with van der Waals surface area (Å²) >= 11 is 5.04. The summed E-state index contributed by atoms with van der Waals surface area (Å²) in [5.41, 5.74) is 1.35. The van der Waals surface area contributed by atoms with Crippen molar-refractivity contribution in [2.24, 2.45) is 0 Å². The van der Waals surface area contributed by atoms with Crippen LogP contribution in [0.4, 0.5) is 4.39 Å². The third kappa shape index (κ3) is 4.93. The van der Waals surface area contributed by atoms with Gasteiger partial charge in [-0.3, -0.25) is 0 Å². The molecule has 2 aromatic rings. The number of rotatable bonds is 7. The van der Waals surface area contributed by atoms with Gasteiger partial charge in [0.2, 0.25) is 0 Å². The summed E-state index contributed by atoms with van der Waals surface area (Å²) < 4.78 is 19.3. The van der Waals surface area contributed by atoms with Gasteiger partial charge in [-0.05, 0) is 63.4 Å². The first-order valence-corrected chi connectivity index (χ1v) is 7.79. The fourth-order valence-corrected chi connectivity index (χ4v) is 2.68. The molecule has 0 radical (unpaired) electrons. The molecular weight excluding hydrogens is 329 g/mol. The standard InChI is InChI=1S/C14H15BrFNOS/c15-13-2-1-12(16)9-14(13)18-7-6-17-5-3-11-4-8-19-10-11/h1-2,4,8-10,17H,3,5-7H2. The van der Waals surface area contributed by atoms with E-state index < -0.39 is 0 Å². The molecule has 2 nitrogen and oxygen atoms in total. The quantitative estimate of drug-likeness (QED) is 0.770. The monoisotopic (exact) mass is 343 g/mol. The molecule has 0 atom stereocenters. The van der Waals surface area contributed by atoms with Crippen molar-refractivity contribution in [1.29, 1.82) is 0 Å². The third-order valence-electron chi connectivity index (χ3n) is 2.60. The largest absolute Gasteiger partial charge is 0.491 e. The molecule has 0 spiro atoms. The summed E-state index contributed by atoms with van der Waals surface area (Å²) in [6.45, 7) is 2.18. The number of benzene rings is 1. The maximum atomic E-state index is 13.0. The minimum absolute atomic E-state index is 0.288. The van der Waals surface area contributed by atoms with Crippen LogP contribution in [0.5, 0.6) is 5.75 Å². The molecule has 0 bridgehead atoms.